The van der Waals surface area contributed by atoms with Crippen LogP contribution in [0.3, 0.4) is 0 Å². The van der Waals surface area contributed by atoms with E-state index in [9.17, 15) is 15.0 Å². The van der Waals surface area contributed by atoms with Crippen molar-refractivity contribution in [1.29, 1.82) is 0 Å². The highest BCUT2D eigenvalue weighted by Crippen LogP contribution is 2.38. The molecule has 1 aliphatic heterocycles. The van der Waals surface area contributed by atoms with Crippen molar-refractivity contribution in [2.75, 3.05) is 19.6 Å². The molecule has 0 saturated carbocycles. The number of benzene rings is 1. The van der Waals surface area contributed by atoms with Crippen LogP contribution >= 0.6 is 0 Å². The Kier molecular flexibility index (Phi) is 4.86. The maximum atomic E-state index is 12.6. The molecule has 2 N–H and O–H groups in total. The fourth-order valence-electron chi connectivity index (χ4n) is 4.61. The third-order valence-corrected chi connectivity index (χ3v) is 6.11. The van der Waals surface area contributed by atoms with Crippen molar-refractivity contribution in [2.45, 2.75) is 38.5 Å². The molecule has 1 aromatic carbocycles. The quantitative estimate of drug-likeness (QED) is 0.808. The van der Waals surface area contributed by atoms with Crippen LogP contribution in [-0.4, -0.2) is 40.5 Å². The van der Waals surface area contributed by atoms with Crippen molar-refractivity contribution >= 4 is 5.78 Å². The second-order valence-electron chi connectivity index (χ2n) is 7.98. The normalized spacial score (nSPS) is 23.9. The molecule has 0 bridgehead atoms. The Bertz CT molecular complexity index is 757. The number of rotatable bonds is 4. The molecule has 4 nitrogen and oxygen atoms in total. The number of carbonyl (C=O) groups excluding carboxylic acids is 1. The molecule has 1 fully saturated rings. The van der Waals surface area contributed by atoms with E-state index < -0.39 is 0 Å². The first-order valence-electron chi connectivity index (χ1n) is 9.77. The Balaban J connectivity index is 1.30. The highest BCUT2D eigenvalue weighted by atomic mass is 16.3. The van der Waals surface area contributed by atoms with Gasteiger partial charge in [-0.2, -0.15) is 0 Å². The summed E-state index contributed by atoms with van der Waals surface area (Å²) in [5.74, 6) is 0.406. The summed E-state index contributed by atoms with van der Waals surface area (Å²) in [5.41, 5.74) is 2.92. The molecule has 1 heterocycles. The number of fused-ring (bicyclic) bond motifs is 1. The molecule has 0 aromatic heterocycles. The summed E-state index contributed by atoms with van der Waals surface area (Å²) in [6.07, 6.45) is 13.1. The van der Waals surface area contributed by atoms with Gasteiger partial charge >= 0.3 is 0 Å². The molecule has 2 aliphatic carbocycles. The van der Waals surface area contributed by atoms with E-state index in [1.165, 1.54) is 18.1 Å². The second kappa shape index (κ2) is 7.28. The van der Waals surface area contributed by atoms with Gasteiger partial charge in [0, 0.05) is 18.0 Å². The average Bonchev–Trinajstić information content (AvgIpc) is 2.93. The number of aromatic hydroxyl groups is 2. The van der Waals surface area contributed by atoms with Crippen LogP contribution in [0.4, 0.5) is 0 Å². The highest BCUT2D eigenvalue weighted by Gasteiger charge is 2.34. The van der Waals surface area contributed by atoms with Gasteiger partial charge in [-0.1, -0.05) is 18.2 Å². The van der Waals surface area contributed by atoms with Gasteiger partial charge in [0.1, 0.15) is 0 Å². The van der Waals surface area contributed by atoms with Crippen molar-refractivity contribution in [3.05, 3.63) is 47.1 Å². The van der Waals surface area contributed by atoms with Crippen LogP contribution in [-0.2, 0) is 6.42 Å². The van der Waals surface area contributed by atoms with Gasteiger partial charge < -0.3 is 10.2 Å². The number of Topliss-reactive ketones (excluding diaryl/α,β-unsaturated/α-hetero) is 1. The van der Waals surface area contributed by atoms with E-state index in [1.807, 2.05) is 0 Å². The Morgan fingerprint density at radius 1 is 1.08 bits per heavy atom. The lowest BCUT2D eigenvalue weighted by atomic mass is 9.85. The zero-order valence-corrected chi connectivity index (χ0v) is 15.2. The van der Waals surface area contributed by atoms with Crippen LogP contribution in [0.5, 0.6) is 11.5 Å². The van der Waals surface area contributed by atoms with Gasteiger partial charge in [0.2, 0.25) is 0 Å². The van der Waals surface area contributed by atoms with Gasteiger partial charge in [-0.3, -0.25) is 9.69 Å². The van der Waals surface area contributed by atoms with E-state index in [-0.39, 0.29) is 23.2 Å². The van der Waals surface area contributed by atoms with Crippen LogP contribution in [0.15, 0.2) is 35.9 Å². The summed E-state index contributed by atoms with van der Waals surface area (Å²) in [5, 5.41) is 19.3. The molecule has 0 radical (unpaired) electrons. The van der Waals surface area contributed by atoms with Gasteiger partial charge in [-0.05, 0) is 80.8 Å². The van der Waals surface area contributed by atoms with Crippen LogP contribution in [0, 0.1) is 11.8 Å². The highest BCUT2D eigenvalue weighted by molar-refractivity contribution is 6.02. The smallest absolute Gasteiger partial charge is 0.166 e. The molecular formula is C22H27NO3. The molecule has 0 amide bonds. The summed E-state index contributed by atoms with van der Waals surface area (Å²) in [7, 11) is 0. The van der Waals surface area contributed by atoms with Gasteiger partial charge in [0.15, 0.2) is 17.3 Å². The molecule has 1 saturated heterocycles. The van der Waals surface area contributed by atoms with Crippen molar-refractivity contribution < 1.29 is 15.0 Å². The molecule has 3 aliphatic rings. The monoisotopic (exact) mass is 353 g/mol. The molecule has 4 rings (SSSR count). The number of phenols is 2. The fourth-order valence-corrected chi connectivity index (χ4v) is 4.61. The van der Waals surface area contributed by atoms with E-state index in [0.717, 1.165) is 50.9 Å². The van der Waals surface area contributed by atoms with Crippen LogP contribution in [0.1, 0.15) is 48.0 Å². The Labute approximate surface area is 154 Å². The SMILES string of the molecule is O=C1c2cc(O)c(O)cc2CC1CC1CCN(CC2=CCCC=C2)CC1. The predicted octanol–water partition coefficient (Wildman–Crippen LogP) is 3.83. The molecule has 4 heteroatoms. The van der Waals surface area contributed by atoms with E-state index in [1.54, 1.807) is 6.07 Å². The van der Waals surface area contributed by atoms with Gasteiger partial charge in [0.25, 0.3) is 0 Å². The summed E-state index contributed by atoms with van der Waals surface area (Å²) in [6, 6.07) is 2.98. The lowest BCUT2D eigenvalue weighted by Crippen LogP contribution is -2.35. The van der Waals surface area contributed by atoms with Crippen LogP contribution < -0.4 is 0 Å². The van der Waals surface area contributed by atoms with Crippen LogP contribution in [0.25, 0.3) is 0 Å². The first kappa shape index (κ1) is 17.3. The molecule has 26 heavy (non-hydrogen) atoms. The Hall–Kier alpha value is -2.07. The van der Waals surface area contributed by atoms with Crippen molar-refractivity contribution in [2.24, 2.45) is 11.8 Å². The van der Waals surface area contributed by atoms with Gasteiger partial charge in [0.05, 0.1) is 0 Å². The Morgan fingerprint density at radius 3 is 2.58 bits per heavy atom. The molecular weight excluding hydrogens is 326 g/mol. The third kappa shape index (κ3) is 3.56. The fraction of sp³-hybridized carbons (Fsp3) is 0.500. The maximum Gasteiger partial charge on any atom is 0.166 e. The summed E-state index contributed by atoms with van der Waals surface area (Å²) >= 11 is 0. The summed E-state index contributed by atoms with van der Waals surface area (Å²) in [4.78, 5) is 15.2. The van der Waals surface area contributed by atoms with Crippen molar-refractivity contribution in [3.8, 4) is 11.5 Å². The third-order valence-electron chi connectivity index (χ3n) is 6.11. The van der Waals surface area contributed by atoms with Crippen LogP contribution in [0.2, 0.25) is 0 Å². The first-order valence-corrected chi connectivity index (χ1v) is 9.77. The lowest BCUT2D eigenvalue weighted by molar-refractivity contribution is 0.0900. The van der Waals surface area contributed by atoms with Gasteiger partial charge in [-0.25, -0.2) is 0 Å². The Morgan fingerprint density at radius 2 is 1.85 bits per heavy atom. The van der Waals surface area contributed by atoms with E-state index >= 15 is 0 Å². The van der Waals surface area contributed by atoms with Crippen molar-refractivity contribution in [1.82, 2.24) is 4.90 Å². The minimum Gasteiger partial charge on any atom is -0.504 e. The molecule has 1 atom stereocenters. The number of ketones is 1. The number of hydrogen-bond donors (Lipinski definition) is 2. The molecule has 1 unspecified atom stereocenters. The molecule has 0 spiro atoms. The number of allylic oxidation sites excluding steroid dienone is 2. The van der Waals surface area contributed by atoms with E-state index in [2.05, 4.69) is 23.1 Å². The average molecular weight is 353 g/mol. The number of phenolic OH excluding ortho intramolecular Hbond substituents is 2. The first-order chi connectivity index (χ1) is 12.6. The topological polar surface area (TPSA) is 60.8 Å². The number of hydrogen-bond acceptors (Lipinski definition) is 4. The number of nitrogens with zero attached hydrogens (tertiary/aromatic N) is 1. The minimum absolute atomic E-state index is 0.00624. The zero-order valence-electron chi connectivity index (χ0n) is 15.2. The summed E-state index contributed by atoms with van der Waals surface area (Å²) < 4.78 is 0. The lowest BCUT2D eigenvalue weighted by Gasteiger charge is -2.33. The van der Waals surface area contributed by atoms with Crippen molar-refractivity contribution in [3.63, 3.8) is 0 Å². The van der Waals surface area contributed by atoms with E-state index in [4.69, 9.17) is 0 Å². The zero-order chi connectivity index (χ0) is 18.1. The minimum atomic E-state index is -0.197. The predicted molar refractivity (Wildman–Crippen MR) is 102 cm³/mol. The van der Waals surface area contributed by atoms with Gasteiger partial charge in [-0.15, -0.1) is 0 Å². The summed E-state index contributed by atoms with van der Waals surface area (Å²) in [6.45, 7) is 3.26. The van der Waals surface area contributed by atoms with E-state index in [0.29, 0.717) is 17.9 Å². The number of carbonyl (C=O) groups is 1. The standard InChI is InChI=1S/C22H27NO3/c24-20-12-17-11-18(22(26)19(17)13-21(20)25)10-15-6-8-23(9-7-15)14-16-4-2-1-3-5-16/h2,4-5,12-13,15,18,24-25H,1,3,6-11,14H2. The molecule has 1 aromatic rings. The largest absolute Gasteiger partial charge is 0.504 e. The number of piperidine rings is 1. The molecule has 138 valence electrons. The number of likely N-dealkylation sites (tertiary alicyclic amines) is 1. The second-order valence-corrected chi connectivity index (χ2v) is 7.98. The maximum absolute atomic E-state index is 12.6.